The van der Waals surface area contributed by atoms with E-state index in [2.05, 4.69) is 5.10 Å². The minimum atomic E-state index is -0.281. The van der Waals surface area contributed by atoms with Crippen LogP contribution in [0.3, 0.4) is 0 Å². The van der Waals surface area contributed by atoms with E-state index in [1.807, 2.05) is 35.2 Å². The number of methoxy groups -OCH3 is 1. The molecule has 0 bridgehead atoms. The van der Waals surface area contributed by atoms with E-state index in [4.69, 9.17) is 4.74 Å². The Kier molecular flexibility index (Phi) is 7.92. The molecule has 1 aromatic heterocycles. The Morgan fingerprint density at radius 2 is 1.80 bits per heavy atom. The molecule has 0 saturated carbocycles. The van der Waals surface area contributed by atoms with Gasteiger partial charge in [0.25, 0.3) is 5.91 Å². The first-order valence-corrected chi connectivity index (χ1v) is 11.8. The lowest BCUT2D eigenvalue weighted by Gasteiger charge is -2.40. The molecule has 4 rings (SSSR count). The number of benzene rings is 2. The molecule has 0 N–H and O–H groups in total. The number of carbonyl (C=O) groups is 2. The third-order valence-electron chi connectivity index (χ3n) is 6.74. The predicted molar refractivity (Wildman–Crippen MR) is 131 cm³/mol. The maximum Gasteiger partial charge on any atom is 0.257 e. The van der Waals surface area contributed by atoms with Crippen LogP contribution in [0, 0.1) is 11.7 Å². The highest BCUT2D eigenvalue weighted by molar-refractivity contribution is 5.93. The maximum atomic E-state index is 13.4. The minimum absolute atomic E-state index is 0.0130. The van der Waals surface area contributed by atoms with Crippen molar-refractivity contribution < 1.29 is 18.7 Å². The summed E-state index contributed by atoms with van der Waals surface area (Å²) in [6, 6.07) is 16.0. The fraction of sp³-hybridized carbons (Fsp3) is 0.370. The van der Waals surface area contributed by atoms with E-state index in [0.29, 0.717) is 25.1 Å². The Morgan fingerprint density at radius 3 is 2.46 bits per heavy atom. The second-order valence-electron chi connectivity index (χ2n) is 8.97. The number of ether oxygens (including phenoxy) is 1. The molecule has 2 amide bonds. The standard InChI is InChI=1S/C27H31FN4O3/c1-30(26(33)19-35-2)25(16-20-8-10-23(28)11-9-20)21-12-14-31(15-13-21)27(34)22-17-29-32(18-22)24-6-4-3-5-7-24/h3-11,17-18,21,25H,12-16,19H2,1-2H3/t25-/m0/s1. The second-order valence-corrected chi connectivity index (χ2v) is 8.97. The van der Waals surface area contributed by atoms with Gasteiger partial charge in [-0.15, -0.1) is 0 Å². The highest BCUT2D eigenvalue weighted by atomic mass is 19.1. The molecule has 184 valence electrons. The van der Waals surface area contributed by atoms with Crippen molar-refractivity contribution in [3.05, 3.63) is 83.9 Å². The number of rotatable bonds is 8. The topological polar surface area (TPSA) is 67.7 Å². The molecular weight excluding hydrogens is 447 g/mol. The van der Waals surface area contributed by atoms with Gasteiger partial charge in [-0.1, -0.05) is 30.3 Å². The summed E-state index contributed by atoms with van der Waals surface area (Å²) in [7, 11) is 3.30. The van der Waals surface area contributed by atoms with Crippen molar-refractivity contribution in [3.63, 3.8) is 0 Å². The lowest BCUT2D eigenvalue weighted by atomic mass is 9.84. The number of likely N-dealkylation sites (N-methyl/N-ethyl adjacent to an activating group) is 1. The van der Waals surface area contributed by atoms with Gasteiger partial charge in [0.1, 0.15) is 12.4 Å². The van der Waals surface area contributed by atoms with Crippen LogP contribution < -0.4 is 0 Å². The molecule has 1 fully saturated rings. The molecule has 1 aliphatic rings. The lowest BCUT2D eigenvalue weighted by molar-refractivity contribution is -0.137. The molecule has 35 heavy (non-hydrogen) atoms. The van der Waals surface area contributed by atoms with Gasteiger partial charge in [0.05, 0.1) is 17.4 Å². The Labute approximate surface area is 205 Å². The zero-order valence-electron chi connectivity index (χ0n) is 20.1. The SMILES string of the molecule is COCC(=O)N(C)[C@@H](Cc1ccc(F)cc1)C1CCN(C(=O)c2cnn(-c3ccccc3)c2)CC1. The van der Waals surface area contributed by atoms with Gasteiger partial charge in [-0.2, -0.15) is 5.10 Å². The van der Waals surface area contributed by atoms with Crippen molar-refractivity contribution in [2.24, 2.45) is 5.92 Å². The van der Waals surface area contributed by atoms with Crippen molar-refractivity contribution in [1.29, 1.82) is 0 Å². The number of amides is 2. The Bertz CT molecular complexity index is 1120. The summed E-state index contributed by atoms with van der Waals surface area (Å²) in [5.41, 5.74) is 2.43. The van der Waals surface area contributed by atoms with Gasteiger partial charge >= 0.3 is 0 Å². The Hall–Kier alpha value is -3.52. The first-order chi connectivity index (χ1) is 17.0. The monoisotopic (exact) mass is 478 g/mol. The Morgan fingerprint density at radius 1 is 1.11 bits per heavy atom. The molecule has 2 aromatic carbocycles. The van der Waals surface area contributed by atoms with Crippen molar-refractivity contribution >= 4 is 11.8 Å². The first kappa shape index (κ1) is 24.6. The third-order valence-corrected chi connectivity index (χ3v) is 6.74. The van der Waals surface area contributed by atoms with Gasteiger partial charge in [0, 0.05) is 39.5 Å². The van der Waals surface area contributed by atoms with E-state index in [0.717, 1.165) is 24.1 Å². The van der Waals surface area contributed by atoms with Gasteiger partial charge in [0.2, 0.25) is 5.91 Å². The summed E-state index contributed by atoms with van der Waals surface area (Å²) >= 11 is 0. The average Bonchev–Trinajstić information content (AvgIpc) is 3.39. The molecule has 0 radical (unpaired) electrons. The van der Waals surface area contributed by atoms with E-state index in [-0.39, 0.29) is 36.2 Å². The highest BCUT2D eigenvalue weighted by Crippen LogP contribution is 2.27. The molecule has 3 aromatic rings. The first-order valence-electron chi connectivity index (χ1n) is 11.8. The molecule has 7 nitrogen and oxygen atoms in total. The van der Waals surface area contributed by atoms with Crippen molar-refractivity contribution in [1.82, 2.24) is 19.6 Å². The number of hydrogen-bond acceptors (Lipinski definition) is 4. The van der Waals surface area contributed by atoms with Crippen LogP contribution in [0.1, 0.15) is 28.8 Å². The summed E-state index contributed by atoms with van der Waals surface area (Å²) < 4.78 is 20.2. The molecule has 2 heterocycles. The number of piperidine rings is 1. The number of aromatic nitrogens is 2. The third kappa shape index (κ3) is 5.95. The van der Waals surface area contributed by atoms with Crippen LogP contribution in [0.4, 0.5) is 4.39 Å². The van der Waals surface area contributed by atoms with Crippen LogP contribution >= 0.6 is 0 Å². The number of likely N-dealkylation sites (tertiary alicyclic amines) is 1. The molecule has 0 aliphatic carbocycles. The van der Waals surface area contributed by atoms with Crippen LogP contribution in [0.15, 0.2) is 67.0 Å². The molecule has 1 aliphatic heterocycles. The van der Waals surface area contributed by atoms with Crippen LogP contribution in [-0.4, -0.2) is 71.3 Å². The van der Waals surface area contributed by atoms with Gasteiger partial charge in [0.15, 0.2) is 0 Å². The zero-order chi connectivity index (χ0) is 24.8. The fourth-order valence-electron chi connectivity index (χ4n) is 4.72. The van der Waals surface area contributed by atoms with Gasteiger partial charge in [-0.3, -0.25) is 9.59 Å². The molecule has 0 unspecified atom stereocenters. The molecule has 8 heteroatoms. The van der Waals surface area contributed by atoms with E-state index >= 15 is 0 Å². The summed E-state index contributed by atoms with van der Waals surface area (Å²) in [4.78, 5) is 29.3. The molecule has 1 saturated heterocycles. The average molecular weight is 479 g/mol. The van der Waals surface area contributed by atoms with Crippen LogP contribution in [0.2, 0.25) is 0 Å². The minimum Gasteiger partial charge on any atom is -0.375 e. The number of halogens is 1. The summed E-state index contributed by atoms with van der Waals surface area (Å²) in [6.45, 7) is 1.22. The highest BCUT2D eigenvalue weighted by Gasteiger charge is 2.33. The lowest BCUT2D eigenvalue weighted by Crippen LogP contribution is -2.49. The van der Waals surface area contributed by atoms with Crippen LogP contribution in [0.25, 0.3) is 5.69 Å². The van der Waals surface area contributed by atoms with Crippen molar-refractivity contribution in [2.75, 3.05) is 33.9 Å². The van der Waals surface area contributed by atoms with E-state index in [1.54, 1.807) is 41.2 Å². The molecule has 1 atom stereocenters. The van der Waals surface area contributed by atoms with E-state index in [9.17, 15) is 14.0 Å². The summed E-state index contributed by atoms with van der Waals surface area (Å²) in [6.07, 6.45) is 5.53. The normalized spacial score (nSPS) is 15.1. The fourth-order valence-corrected chi connectivity index (χ4v) is 4.72. The summed E-state index contributed by atoms with van der Waals surface area (Å²) in [5.74, 6) is -0.200. The number of hydrogen-bond donors (Lipinski definition) is 0. The van der Waals surface area contributed by atoms with Crippen LogP contribution in [0.5, 0.6) is 0 Å². The second kappa shape index (κ2) is 11.3. The quantitative estimate of drug-likeness (QED) is 0.496. The Balaban J connectivity index is 1.42. The number of carbonyl (C=O) groups excluding carboxylic acids is 2. The maximum absolute atomic E-state index is 13.4. The molecular formula is C27H31FN4O3. The van der Waals surface area contributed by atoms with Crippen molar-refractivity contribution in [2.45, 2.75) is 25.3 Å². The van der Waals surface area contributed by atoms with Gasteiger partial charge in [-0.05, 0) is 55.0 Å². The van der Waals surface area contributed by atoms with E-state index in [1.165, 1.54) is 19.2 Å². The van der Waals surface area contributed by atoms with Crippen molar-refractivity contribution in [3.8, 4) is 5.69 Å². The largest absolute Gasteiger partial charge is 0.375 e. The predicted octanol–water partition coefficient (Wildman–Crippen LogP) is 3.58. The van der Waals surface area contributed by atoms with Crippen LogP contribution in [-0.2, 0) is 16.0 Å². The van der Waals surface area contributed by atoms with Gasteiger partial charge < -0.3 is 14.5 Å². The number of nitrogens with zero attached hydrogens (tertiary/aromatic N) is 4. The summed E-state index contributed by atoms with van der Waals surface area (Å²) in [5, 5.41) is 4.35. The van der Waals surface area contributed by atoms with Gasteiger partial charge in [-0.25, -0.2) is 9.07 Å². The smallest absolute Gasteiger partial charge is 0.257 e. The zero-order valence-corrected chi connectivity index (χ0v) is 20.1. The molecule has 0 spiro atoms. The number of para-hydroxylation sites is 1. The van der Waals surface area contributed by atoms with E-state index < -0.39 is 0 Å².